The molecule has 0 saturated carbocycles. The summed E-state index contributed by atoms with van der Waals surface area (Å²) in [7, 11) is 0. The van der Waals surface area contributed by atoms with Gasteiger partial charge in [-0.25, -0.2) is 4.98 Å². The number of imidazole rings is 1. The molecule has 1 aliphatic heterocycles. The number of benzene rings is 3. The first-order valence-electron chi connectivity index (χ1n) is 12.9. The van der Waals surface area contributed by atoms with E-state index in [1.165, 1.54) is 0 Å². The summed E-state index contributed by atoms with van der Waals surface area (Å²) in [6, 6.07) is 26.2. The van der Waals surface area contributed by atoms with Crippen molar-refractivity contribution >= 4 is 29.4 Å². The monoisotopic (exact) mass is 543 g/mol. The van der Waals surface area contributed by atoms with Gasteiger partial charge in [-0.15, -0.1) is 0 Å². The van der Waals surface area contributed by atoms with Gasteiger partial charge in [0.1, 0.15) is 6.54 Å². The second kappa shape index (κ2) is 12.7. The molecule has 8 nitrogen and oxygen atoms in total. The van der Waals surface area contributed by atoms with Gasteiger partial charge in [0, 0.05) is 54.2 Å². The van der Waals surface area contributed by atoms with Gasteiger partial charge >= 0.3 is 0 Å². The van der Waals surface area contributed by atoms with Crippen LogP contribution in [0.3, 0.4) is 0 Å². The van der Waals surface area contributed by atoms with Crippen LogP contribution in [0.25, 0.3) is 16.9 Å². The minimum absolute atomic E-state index is 0.117. The Morgan fingerprint density at radius 2 is 1.59 bits per heavy atom. The third kappa shape index (κ3) is 6.92. The predicted octanol–water partition coefficient (Wildman–Crippen LogP) is 4.61. The lowest BCUT2D eigenvalue weighted by molar-refractivity contribution is -0.117. The zero-order valence-corrected chi connectivity index (χ0v) is 22.3. The molecule has 39 heavy (non-hydrogen) atoms. The lowest BCUT2D eigenvalue weighted by atomic mass is 10.2. The number of amides is 2. The van der Waals surface area contributed by atoms with Gasteiger partial charge in [0.15, 0.2) is 0 Å². The summed E-state index contributed by atoms with van der Waals surface area (Å²) in [4.78, 5) is 35.3. The Morgan fingerprint density at radius 1 is 0.923 bits per heavy atom. The molecular formula is C30H30ClN5O3. The van der Waals surface area contributed by atoms with E-state index in [9.17, 15) is 9.59 Å². The molecule has 5 rings (SSSR count). The topological polar surface area (TPSA) is 79.7 Å². The first-order chi connectivity index (χ1) is 19.1. The molecule has 1 N–H and O–H groups in total. The zero-order chi connectivity index (χ0) is 27.0. The normalized spacial score (nSPS) is 13.7. The van der Waals surface area contributed by atoms with Crippen LogP contribution in [0.1, 0.15) is 10.4 Å². The Bertz CT molecular complexity index is 1390. The van der Waals surface area contributed by atoms with Gasteiger partial charge in [0.05, 0.1) is 18.9 Å². The first kappa shape index (κ1) is 26.6. The Balaban J connectivity index is 1.37. The molecule has 1 aliphatic rings. The van der Waals surface area contributed by atoms with E-state index in [1.54, 1.807) is 29.2 Å². The quantitative estimate of drug-likeness (QED) is 0.333. The molecule has 1 saturated heterocycles. The average Bonchev–Trinajstić information content (AvgIpc) is 3.40. The lowest BCUT2D eigenvalue weighted by Gasteiger charge is -2.30. The summed E-state index contributed by atoms with van der Waals surface area (Å²) < 4.78 is 7.29. The second-order valence-electron chi connectivity index (χ2n) is 9.26. The summed E-state index contributed by atoms with van der Waals surface area (Å²) >= 11 is 6.03. The van der Waals surface area contributed by atoms with Gasteiger partial charge in [-0.05, 0) is 36.4 Å². The highest BCUT2D eigenvalue weighted by Gasteiger charge is 2.22. The average molecular weight is 544 g/mol. The van der Waals surface area contributed by atoms with Crippen LogP contribution in [0.15, 0.2) is 91.1 Å². The Labute approximate surface area is 232 Å². The maximum absolute atomic E-state index is 13.4. The van der Waals surface area contributed by atoms with Crippen LogP contribution in [0.5, 0.6) is 0 Å². The number of anilines is 1. The number of ether oxygens (including phenoxy) is 1. The molecule has 0 bridgehead atoms. The smallest absolute Gasteiger partial charge is 0.254 e. The Kier molecular flexibility index (Phi) is 8.68. The number of hydrogen-bond donors (Lipinski definition) is 1. The van der Waals surface area contributed by atoms with Gasteiger partial charge in [0.2, 0.25) is 11.9 Å². The van der Waals surface area contributed by atoms with Gasteiger partial charge in [-0.1, -0.05) is 60.1 Å². The van der Waals surface area contributed by atoms with Crippen molar-refractivity contribution in [3.8, 4) is 16.9 Å². The van der Waals surface area contributed by atoms with Crippen molar-refractivity contribution in [2.24, 2.45) is 0 Å². The third-order valence-corrected chi connectivity index (χ3v) is 6.82. The highest BCUT2D eigenvalue weighted by atomic mass is 35.5. The van der Waals surface area contributed by atoms with Crippen molar-refractivity contribution in [2.45, 2.75) is 0 Å². The number of nitrogens with zero attached hydrogens (tertiary/aromatic N) is 4. The zero-order valence-electron chi connectivity index (χ0n) is 21.5. The Morgan fingerprint density at radius 3 is 2.28 bits per heavy atom. The number of carbonyl (C=O) groups is 2. The largest absolute Gasteiger partial charge is 0.379 e. The number of morpholine rings is 1. The summed E-state index contributed by atoms with van der Waals surface area (Å²) in [5.41, 5.74) is 3.01. The van der Waals surface area contributed by atoms with Crippen LogP contribution in [0.2, 0.25) is 5.02 Å². The molecule has 0 spiro atoms. The molecule has 2 amide bonds. The molecule has 1 aromatic heterocycles. The number of para-hydroxylation sites is 1. The molecule has 0 radical (unpaired) electrons. The van der Waals surface area contributed by atoms with Crippen molar-refractivity contribution in [1.29, 1.82) is 0 Å². The van der Waals surface area contributed by atoms with Gasteiger partial charge in [-0.2, -0.15) is 0 Å². The van der Waals surface area contributed by atoms with Gasteiger partial charge in [0.25, 0.3) is 5.91 Å². The molecule has 0 unspecified atom stereocenters. The van der Waals surface area contributed by atoms with E-state index in [2.05, 4.69) is 10.2 Å². The first-order valence-corrected chi connectivity index (χ1v) is 13.3. The number of hydrogen-bond acceptors (Lipinski definition) is 5. The number of nitrogens with one attached hydrogen (secondary N) is 1. The van der Waals surface area contributed by atoms with E-state index < -0.39 is 0 Å². The van der Waals surface area contributed by atoms with Crippen molar-refractivity contribution in [2.75, 3.05) is 51.3 Å². The van der Waals surface area contributed by atoms with Crippen LogP contribution in [-0.4, -0.2) is 77.1 Å². The van der Waals surface area contributed by atoms with Crippen molar-refractivity contribution < 1.29 is 14.3 Å². The minimum atomic E-state index is -0.332. The number of carbonyl (C=O) groups excluding carboxylic acids is 2. The van der Waals surface area contributed by atoms with E-state index in [0.717, 1.165) is 30.0 Å². The van der Waals surface area contributed by atoms with E-state index in [1.807, 2.05) is 71.4 Å². The third-order valence-electron chi connectivity index (χ3n) is 6.56. The molecule has 0 aliphatic carbocycles. The predicted molar refractivity (Wildman–Crippen MR) is 152 cm³/mol. The fourth-order valence-corrected chi connectivity index (χ4v) is 4.58. The molecular weight excluding hydrogens is 514 g/mol. The van der Waals surface area contributed by atoms with Crippen LogP contribution in [-0.2, 0) is 9.53 Å². The molecule has 200 valence electrons. The molecule has 1 fully saturated rings. The van der Waals surface area contributed by atoms with E-state index in [-0.39, 0.29) is 18.4 Å². The second-order valence-corrected chi connectivity index (χ2v) is 9.69. The summed E-state index contributed by atoms with van der Waals surface area (Å²) in [6.45, 7) is 3.85. The van der Waals surface area contributed by atoms with Crippen molar-refractivity contribution in [1.82, 2.24) is 19.4 Å². The fraction of sp³-hybridized carbons (Fsp3) is 0.233. The van der Waals surface area contributed by atoms with Crippen LogP contribution in [0, 0.1) is 0 Å². The maximum Gasteiger partial charge on any atom is 0.254 e. The molecule has 3 aromatic carbocycles. The standard InChI is InChI=1S/C30H30ClN5O3/c31-25-13-11-24(12-14-25)29(38)35(16-15-34-17-19-39-20-18-34)22-28(37)33-30-32-27(23-7-3-1-4-8-23)21-36(30)26-9-5-2-6-10-26/h1-14,21H,15-20,22H2,(H,32,33,37). The molecule has 0 atom stereocenters. The van der Waals surface area contributed by atoms with Gasteiger partial charge < -0.3 is 9.64 Å². The van der Waals surface area contributed by atoms with Gasteiger partial charge in [-0.3, -0.25) is 24.4 Å². The highest BCUT2D eigenvalue weighted by molar-refractivity contribution is 6.30. The number of halogens is 1. The summed E-state index contributed by atoms with van der Waals surface area (Å²) in [5, 5.41) is 3.49. The maximum atomic E-state index is 13.4. The lowest BCUT2D eigenvalue weighted by Crippen LogP contribution is -2.45. The Hall–Kier alpha value is -3.98. The van der Waals surface area contributed by atoms with Crippen molar-refractivity contribution in [3.63, 3.8) is 0 Å². The molecule has 4 aromatic rings. The van der Waals surface area contributed by atoms with E-state index in [0.29, 0.717) is 42.8 Å². The SMILES string of the molecule is O=C(CN(CCN1CCOCC1)C(=O)c1ccc(Cl)cc1)Nc1nc(-c2ccccc2)cn1-c1ccccc1. The fourth-order valence-electron chi connectivity index (χ4n) is 4.45. The number of rotatable bonds is 9. The molecule has 2 heterocycles. The molecule has 9 heteroatoms. The van der Waals surface area contributed by atoms with Crippen molar-refractivity contribution in [3.05, 3.63) is 102 Å². The summed E-state index contributed by atoms with van der Waals surface area (Å²) in [5.74, 6) is -0.176. The minimum Gasteiger partial charge on any atom is -0.379 e. The van der Waals surface area contributed by atoms with Crippen LogP contribution >= 0.6 is 11.6 Å². The summed E-state index contributed by atoms with van der Waals surface area (Å²) in [6.07, 6.45) is 1.90. The van der Waals surface area contributed by atoms with Crippen LogP contribution < -0.4 is 5.32 Å². The van der Waals surface area contributed by atoms with E-state index >= 15 is 0 Å². The van der Waals surface area contributed by atoms with E-state index in [4.69, 9.17) is 21.3 Å². The van der Waals surface area contributed by atoms with Crippen LogP contribution in [0.4, 0.5) is 5.95 Å². The highest BCUT2D eigenvalue weighted by Crippen LogP contribution is 2.24. The number of aromatic nitrogens is 2.